The van der Waals surface area contributed by atoms with E-state index in [1.165, 1.54) is 36.4 Å². The molecule has 1 aliphatic carbocycles. The highest BCUT2D eigenvalue weighted by molar-refractivity contribution is 6.30. The van der Waals surface area contributed by atoms with E-state index in [2.05, 4.69) is 5.32 Å². The minimum Gasteiger partial charge on any atom is -0.452 e. The third kappa shape index (κ3) is 4.09. The number of ether oxygens (including phenoxy) is 1. The summed E-state index contributed by atoms with van der Waals surface area (Å²) in [5.74, 6) is -2.71. The molecule has 158 valence electrons. The van der Waals surface area contributed by atoms with Crippen LogP contribution in [0, 0.1) is 5.82 Å². The first-order chi connectivity index (χ1) is 15.5. The molecule has 32 heavy (non-hydrogen) atoms. The third-order valence-corrected chi connectivity index (χ3v) is 4.88. The Morgan fingerprint density at radius 2 is 1.50 bits per heavy atom. The standard InChI is InChI=1S/C25H16FNO5/c26-19-10-4-1-6-15(19)12-13-22(29)32-14-21(28)27-20-11-5-9-18-23(20)25(31)17-8-3-2-7-16(17)24(18)30/h1-13H,14H2,(H,27,28)/b13-12+. The van der Waals surface area contributed by atoms with Crippen LogP contribution in [0.2, 0.25) is 0 Å². The van der Waals surface area contributed by atoms with Gasteiger partial charge >= 0.3 is 5.97 Å². The Hall–Kier alpha value is -4.39. The molecule has 3 aromatic carbocycles. The Kier molecular flexibility index (Phi) is 5.72. The molecular formula is C25H16FNO5. The van der Waals surface area contributed by atoms with Crippen molar-refractivity contribution in [3.05, 3.63) is 106 Å². The maximum absolute atomic E-state index is 13.6. The monoisotopic (exact) mass is 429 g/mol. The fourth-order valence-corrected chi connectivity index (χ4v) is 3.39. The summed E-state index contributed by atoms with van der Waals surface area (Å²) in [5, 5.41) is 2.52. The summed E-state index contributed by atoms with van der Waals surface area (Å²) in [6.45, 7) is -0.622. The van der Waals surface area contributed by atoms with Gasteiger partial charge in [-0.1, -0.05) is 54.6 Å². The molecule has 1 N–H and O–H groups in total. The van der Waals surface area contributed by atoms with Gasteiger partial charge in [-0.05, 0) is 18.2 Å². The molecular weight excluding hydrogens is 413 g/mol. The molecule has 7 heteroatoms. The highest BCUT2D eigenvalue weighted by Gasteiger charge is 2.31. The van der Waals surface area contributed by atoms with E-state index < -0.39 is 24.3 Å². The fraction of sp³-hybridized carbons (Fsp3) is 0.0400. The second-order valence-electron chi connectivity index (χ2n) is 6.94. The van der Waals surface area contributed by atoms with E-state index in [0.29, 0.717) is 5.56 Å². The maximum Gasteiger partial charge on any atom is 0.331 e. The number of amides is 1. The Morgan fingerprint density at radius 3 is 2.25 bits per heavy atom. The Balaban J connectivity index is 1.45. The van der Waals surface area contributed by atoms with Gasteiger partial charge in [-0.2, -0.15) is 0 Å². The van der Waals surface area contributed by atoms with E-state index in [-0.39, 0.29) is 39.5 Å². The molecule has 1 aliphatic rings. The van der Waals surface area contributed by atoms with Crippen molar-refractivity contribution in [1.82, 2.24) is 0 Å². The van der Waals surface area contributed by atoms with Crippen molar-refractivity contribution in [3.8, 4) is 0 Å². The fourth-order valence-electron chi connectivity index (χ4n) is 3.39. The van der Waals surface area contributed by atoms with Crippen molar-refractivity contribution in [3.63, 3.8) is 0 Å². The lowest BCUT2D eigenvalue weighted by Gasteiger charge is -2.20. The van der Waals surface area contributed by atoms with Crippen molar-refractivity contribution in [2.75, 3.05) is 11.9 Å². The van der Waals surface area contributed by atoms with Crippen LogP contribution in [0.1, 0.15) is 37.4 Å². The van der Waals surface area contributed by atoms with Crippen molar-refractivity contribution in [2.45, 2.75) is 0 Å². The van der Waals surface area contributed by atoms with Gasteiger partial charge in [-0.15, -0.1) is 0 Å². The van der Waals surface area contributed by atoms with E-state index in [1.807, 2.05) is 0 Å². The molecule has 0 spiro atoms. The van der Waals surface area contributed by atoms with Crippen LogP contribution < -0.4 is 5.32 Å². The lowest BCUT2D eigenvalue weighted by molar-refractivity contribution is -0.142. The zero-order valence-corrected chi connectivity index (χ0v) is 16.6. The quantitative estimate of drug-likeness (QED) is 0.385. The second kappa shape index (κ2) is 8.77. The van der Waals surface area contributed by atoms with Gasteiger partial charge in [-0.3, -0.25) is 14.4 Å². The van der Waals surface area contributed by atoms with Gasteiger partial charge in [0.15, 0.2) is 18.2 Å². The number of rotatable bonds is 5. The predicted octanol–water partition coefficient (Wildman–Crippen LogP) is 3.80. The van der Waals surface area contributed by atoms with E-state index in [1.54, 1.807) is 36.4 Å². The molecule has 3 aromatic rings. The summed E-state index contributed by atoms with van der Waals surface area (Å²) >= 11 is 0. The Labute approximate surface area is 182 Å². The number of ketones is 2. The Morgan fingerprint density at radius 1 is 0.844 bits per heavy atom. The molecule has 0 heterocycles. The molecule has 6 nitrogen and oxygen atoms in total. The SMILES string of the molecule is O=C(COC(=O)/C=C/c1ccccc1F)Nc1cccc2c1C(=O)c1ccccc1C2=O. The van der Waals surface area contributed by atoms with Gasteiger partial charge in [-0.25, -0.2) is 9.18 Å². The predicted molar refractivity (Wildman–Crippen MR) is 115 cm³/mol. The minimum atomic E-state index is -0.835. The van der Waals surface area contributed by atoms with E-state index in [0.717, 1.165) is 6.08 Å². The van der Waals surface area contributed by atoms with Crippen molar-refractivity contribution in [1.29, 1.82) is 0 Å². The zero-order chi connectivity index (χ0) is 22.7. The number of fused-ring (bicyclic) bond motifs is 2. The topological polar surface area (TPSA) is 89.5 Å². The molecule has 0 aliphatic heterocycles. The lowest BCUT2D eigenvalue weighted by atomic mass is 9.83. The number of benzene rings is 3. The van der Waals surface area contributed by atoms with Crippen molar-refractivity contribution in [2.24, 2.45) is 0 Å². The number of esters is 1. The molecule has 0 saturated carbocycles. The van der Waals surface area contributed by atoms with E-state index in [9.17, 15) is 23.6 Å². The molecule has 0 bridgehead atoms. The third-order valence-electron chi connectivity index (χ3n) is 4.88. The number of anilines is 1. The maximum atomic E-state index is 13.6. The number of hydrogen-bond acceptors (Lipinski definition) is 5. The summed E-state index contributed by atoms with van der Waals surface area (Å²) in [7, 11) is 0. The van der Waals surface area contributed by atoms with Crippen LogP contribution in [0.25, 0.3) is 6.08 Å². The van der Waals surface area contributed by atoms with Crippen LogP contribution >= 0.6 is 0 Å². The highest BCUT2D eigenvalue weighted by Crippen LogP contribution is 2.31. The zero-order valence-electron chi connectivity index (χ0n) is 16.6. The van der Waals surface area contributed by atoms with Gasteiger partial charge in [0.25, 0.3) is 5.91 Å². The highest BCUT2D eigenvalue weighted by atomic mass is 19.1. The summed E-state index contributed by atoms with van der Waals surface area (Å²) in [4.78, 5) is 49.8. The normalized spacial score (nSPS) is 12.3. The average molecular weight is 429 g/mol. The van der Waals surface area contributed by atoms with Crippen LogP contribution in [0.4, 0.5) is 10.1 Å². The molecule has 0 aromatic heterocycles. The second-order valence-corrected chi connectivity index (χ2v) is 6.94. The number of hydrogen-bond donors (Lipinski definition) is 1. The lowest BCUT2D eigenvalue weighted by Crippen LogP contribution is -2.25. The van der Waals surface area contributed by atoms with Crippen LogP contribution in [-0.2, 0) is 14.3 Å². The summed E-state index contributed by atoms with van der Waals surface area (Å²) < 4.78 is 18.4. The molecule has 0 unspecified atom stereocenters. The molecule has 4 rings (SSSR count). The van der Waals surface area contributed by atoms with Crippen LogP contribution in [0.3, 0.4) is 0 Å². The number of carbonyl (C=O) groups is 4. The molecule has 0 saturated heterocycles. The summed E-state index contributed by atoms with van der Waals surface area (Å²) in [6, 6.07) is 16.9. The molecule has 1 amide bonds. The summed E-state index contributed by atoms with van der Waals surface area (Å²) in [5.41, 5.74) is 1.21. The Bertz CT molecular complexity index is 1290. The first kappa shape index (κ1) is 20.9. The largest absolute Gasteiger partial charge is 0.452 e. The molecule has 0 radical (unpaired) electrons. The van der Waals surface area contributed by atoms with Crippen LogP contribution in [-0.4, -0.2) is 30.0 Å². The van der Waals surface area contributed by atoms with Gasteiger partial charge < -0.3 is 10.1 Å². The number of halogens is 1. The van der Waals surface area contributed by atoms with Gasteiger partial charge in [0.2, 0.25) is 0 Å². The van der Waals surface area contributed by atoms with E-state index >= 15 is 0 Å². The van der Waals surface area contributed by atoms with Gasteiger partial charge in [0.1, 0.15) is 5.82 Å². The average Bonchev–Trinajstić information content (AvgIpc) is 2.80. The van der Waals surface area contributed by atoms with E-state index in [4.69, 9.17) is 4.74 Å². The first-order valence-electron chi connectivity index (χ1n) is 9.66. The number of nitrogens with one attached hydrogen (secondary N) is 1. The molecule has 0 fully saturated rings. The first-order valence-corrected chi connectivity index (χ1v) is 9.66. The smallest absolute Gasteiger partial charge is 0.331 e. The number of carbonyl (C=O) groups excluding carboxylic acids is 4. The van der Waals surface area contributed by atoms with Gasteiger partial charge in [0, 0.05) is 28.3 Å². The van der Waals surface area contributed by atoms with Gasteiger partial charge in [0.05, 0.1) is 11.3 Å². The van der Waals surface area contributed by atoms with Crippen molar-refractivity contribution < 1.29 is 28.3 Å². The van der Waals surface area contributed by atoms with Crippen LogP contribution in [0.15, 0.2) is 72.8 Å². The minimum absolute atomic E-state index is 0.0929. The van der Waals surface area contributed by atoms with Crippen molar-refractivity contribution >= 4 is 35.2 Å². The summed E-state index contributed by atoms with van der Waals surface area (Å²) in [6.07, 6.45) is 2.25. The molecule has 0 atom stereocenters. The van der Waals surface area contributed by atoms with Crippen LogP contribution in [0.5, 0.6) is 0 Å².